The predicted octanol–water partition coefficient (Wildman–Crippen LogP) is 4.43. The molecule has 2 bridgehead atoms. The van der Waals surface area contributed by atoms with Crippen molar-refractivity contribution in [3.8, 4) is 0 Å². The Labute approximate surface area is 150 Å². The SMILES string of the molecule is CC(C)=C(C)C1(O)CC2CCCC(C1)N2C(=O)OCc1ccccc1. The Balaban J connectivity index is 1.71. The molecule has 2 aliphatic heterocycles. The quantitative estimate of drug-likeness (QED) is 0.826. The van der Waals surface area contributed by atoms with E-state index in [-0.39, 0.29) is 18.2 Å². The van der Waals surface area contributed by atoms with Crippen molar-refractivity contribution in [2.45, 2.75) is 77.2 Å². The number of nitrogens with zero attached hydrogens (tertiary/aromatic N) is 1. The molecule has 2 unspecified atom stereocenters. The van der Waals surface area contributed by atoms with Gasteiger partial charge in [-0.1, -0.05) is 35.9 Å². The summed E-state index contributed by atoms with van der Waals surface area (Å²) in [6.07, 6.45) is 3.98. The monoisotopic (exact) mass is 343 g/mol. The van der Waals surface area contributed by atoms with E-state index in [9.17, 15) is 9.90 Å². The third-order valence-electron chi connectivity index (χ3n) is 5.87. The highest BCUT2D eigenvalue weighted by Gasteiger charge is 2.48. The minimum absolute atomic E-state index is 0.0649. The number of aliphatic hydroxyl groups is 1. The van der Waals surface area contributed by atoms with Crippen molar-refractivity contribution >= 4 is 6.09 Å². The van der Waals surface area contributed by atoms with Crippen LogP contribution in [0.25, 0.3) is 0 Å². The smallest absolute Gasteiger partial charge is 0.410 e. The van der Waals surface area contributed by atoms with Crippen LogP contribution in [0.3, 0.4) is 0 Å². The maximum Gasteiger partial charge on any atom is 0.410 e. The molecule has 2 atom stereocenters. The van der Waals surface area contributed by atoms with E-state index in [4.69, 9.17) is 4.74 Å². The third kappa shape index (κ3) is 3.74. The number of rotatable bonds is 3. The highest BCUT2D eigenvalue weighted by atomic mass is 16.6. The van der Waals surface area contributed by atoms with Gasteiger partial charge < -0.3 is 14.7 Å². The van der Waals surface area contributed by atoms with Crippen LogP contribution in [0.5, 0.6) is 0 Å². The Morgan fingerprint density at radius 2 is 1.76 bits per heavy atom. The summed E-state index contributed by atoms with van der Waals surface area (Å²) in [4.78, 5) is 14.6. The molecule has 1 aromatic rings. The predicted molar refractivity (Wildman–Crippen MR) is 98.1 cm³/mol. The largest absolute Gasteiger partial charge is 0.445 e. The summed E-state index contributed by atoms with van der Waals surface area (Å²) in [5.41, 5.74) is 2.43. The average Bonchev–Trinajstić information content (AvgIpc) is 2.59. The Morgan fingerprint density at radius 1 is 1.16 bits per heavy atom. The van der Waals surface area contributed by atoms with E-state index in [1.165, 1.54) is 5.57 Å². The van der Waals surface area contributed by atoms with Crippen LogP contribution >= 0.6 is 0 Å². The average molecular weight is 343 g/mol. The second kappa shape index (κ2) is 7.20. The number of carbonyl (C=O) groups is 1. The third-order valence-corrected chi connectivity index (χ3v) is 5.87. The number of amides is 1. The molecule has 3 rings (SSSR count). The Kier molecular flexibility index (Phi) is 5.19. The first-order chi connectivity index (χ1) is 11.9. The van der Waals surface area contributed by atoms with Crippen LogP contribution in [0, 0.1) is 0 Å². The summed E-state index contributed by atoms with van der Waals surface area (Å²) in [6, 6.07) is 9.89. The molecule has 0 aromatic heterocycles. The molecule has 4 heteroatoms. The lowest BCUT2D eigenvalue weighted by atomic mass is 9.72. The lowest BCUT2D eigenvalue weighted by Crippen LogP contribution is -2.60. The summed E-state index contributed by atoms with van der Waals surface area (Å²) < 4.78 is 5.57. The first-order valence-electron chi connectivity index (χ1n) is 9.26. The molecule has 0 saturated carbocycles. The summed E-state index contributed by atoms with van der Waals surface area (Å²) in [5, 5.41) is 11.2. The van der Waals surface area contributed by atoms with E-state index in [1.54, 1.807) is 0 Å². The normalized spacial score (nSPS) is 28.4. The highest BCUT2D eigenvalue weighted by molar-refractivity contribution is 5.69. The number of hydrogen-bond donors (Lipinski definition) is 1. The van der Waals surface area contributed by atoms with E-state index < -0.39 is 5.60 Å². The van der Waals surface area contributed by atoms with Crippen LogP contribution in [0.15, 0.2) is 41.5 Å². The number of fused-ring (bicyclic) bond motifs is 2. The first-order valence-corrected chi connectivity index (χ1v) is 9.26. The molecule has 0 spiro atoms. The van der Waals surface area contributed by atoms with E-state index in [0.29, 0.717) is 19.4 Å². The molecule has 1 amide bonds. The minimum Gasteiger partial charge on any atom is -0.445 e. The number of carbonyl (C=O) groups excluding carboxylic acids is 1. The van der Waals surface area contributed by atoms with Crippen LogP contribution < -0.4 is 0 Å². The molecule has 1 N–H and O–H groups in total. The molecule has 2 saturated heterocycles. The zero-order valence-corrected chi connectivity index (χ0v) is 15.5. The molecule has 1 aromatic carbocycles. The minimum atomic E-state index is -0.787. The van der Waals surface area contributed by atoms with Crippen molar-refractivity contribution in [3.05, 3.63) is 47.0 Å². The number of allylic oxidation sites excluding steroid dienone is 1. The maximum atomic E-state index is 12.7. The van der Waals surface area contributed by atoms with Crippen molar-refractivity contribution in [1.29, 1.82) is 0 Å². The van der Waals surface area contributed by atoms with Crippen molar-refractivity contribution in [2.24, 2.45) is 0 Å². The molecule has 0 radical (unpaired) electrons. The molecule has 4 nitrogen and oxygen atoms in total. The van der Waals surface area contributed by atoms with Gasteiger partial charge in [0.2, 0.25) is 0 Å². The Hall–Kier alpha value is -1.81. The van der Waals surface area contributed by atoms with Gasteiger partial charge in [-0.05, 0) is 51.2 Å². The van der Waals surface area contributed by atoms with Gasteiger partial charge in [-0.2, -0.15) is 0 Å². The fourth-order valence-corrected chi connectivity index (χ4v) is 4.29. The van der Waals surface area contributed by atoms with Crippen LogP contribution in [0.1, 0.15) is 58.4 Å². The number of ether oxygens (including phenoxy) is 1. The van der Waals surface area contributed by atoms with Gasteiger partial charge in [0.15, 0.2) is 0 Å². The van der Waals surface area contributed by atoms with Crippen LogP contribution in [0.4, 0.5) is 4.79 Å². The van der Waals surface area contributed by atoms with Gasteiger partial charge >= 0.3 is 6.09 Å². The summed E-state index contributed by atoms with van der Waals surface area (Å²) in [7, 11) is 0. The van der Waals surface area contributed by atoms with Gasteiger partial charge in [-0.15, -0.1) is 0 Å². The lowest BCUT2D eigenvalue weighted by Gasteiger charge is -2.51. The lowest BCUT2D eigenvalue weighted by molar-refractivity contribution is -0.0659. The van der Waals surface area contributed by atoms with Gasteiger partial charge in [0.1, 0.15) is 6.61 Å². The van der Waals surface area contributed by atoms with Crippen LogP contribution in [-0.2, 0) is 11.3 Å². The molecule has 0 aliphatic carbocycles. The van der Waals surface area contributed by atoms with E-state index in [0.717, 1.165) is 30.4 Å². The molecule has 2 aliphatic rings. The van der Waals surface area contributed by atoms with Gasteiger partial charge in [0, 0.05) is 24.9 Å². The van der Waals surface area contributed by atoms with Crippen molar-refractivity contribution in [3.63, 3.8) is 0 Å². The van der Waals surface area contributed by atoms with Crippen molar-refractivity contribution in [1.82, 2.24) is 4.90 Å². The first kappa shape index (κ1) is 18.0. The molecular formula is C21H29NO3. The van der Waals surface area contributed by atoms with Crippen LogP contribution in [0.2, 0.25) is 0 Å². The molecule has 2 heterocycles. The Morgan fingerprint density at radius 3 is 2.32 bits per heavy atom. The van der Waals surface area contributed by atoms with Crippen molar-refractivity contribution < 1.29 is 14.6 Å². The van der Waals surface area contributed by atoms with E-state index in [1.807, 2.05) is 56.0 Å². The van der Waals surface area contributed by atoms with Gasteiger partial charge in [0.05, 0.1) is 5.60 Å². The van der Waals surface area contributed by atoms with Gasteiger partial charge in [-0.25, -0.2) is 4.79 Å². The second-order valence-electron chi connectivity index (χ2n) is 7.75. The number of hydrogen-bond acceptors (Lipinski definition) is 3. The summed E-state index contributed by atoms with van der Waals surface area (Å²) in [5.74, 6) is 0. The fourth-order valence-electron chi connectivity index (χ4n) is 4.29. The number of benzene rings is 1. The zero-order valence-electron chi connectivity index (χ0n) is 15.5. The topological polar surface area (TPSA) is 49.8 Å². The fraction of sp³-hybridized carbons (Fsp3) is 0.571. The van der Waals surface area contributed by atoms with E-state index >= 15 is 0 Å². The zero-order chi connectivity index (χ0) is 18.0. The maximum absolute atomic E-state index is 12.7. The highest BCUT2D eigenvalue weighted by Crippen LogP contribution is 2.43. The number of piperidine rings is 2. The van der Waals surface area contributed by atoms with Crippen molar-refractivity contribution in [2.75, 3.05) is 0 Å². The Bertz CT molecular complexity index is 634. The molecular weight excluding hydrogens is 314 g/mol. The van der Waals surface area contributed by atoms with Crippen LogP contribution in [-0.4, -0.2) is 33.8 Å². The summed E-state index contributed by atoms with van der Waals surface area (Å²) >= 11 is 0. The standard InChI is InChI=1S/C21H29NO3/c1-15(2)16(3)21(24)12-18-10-7-11-19(13-21)22(18)20(23)25-14-17-8-5-4-6-9-17/h4-6,8-9,18-19,24H,7,10-14H2,1-3H3. The molecule has 136 valence electrons. The van der Waals surface area contributed by atoms with Gasteiger partial charge in [0.25, 0.3) is 0 Å². The molecule has 25 heavy (non-hydrogen) atoms. The van der Waals surface area contributed by atoms with E-state index in [2.05, 4.69) is 0 Å². The second-order valence-corrected chi connectivity index (χ2v) is 7.75. The van der Waals surface area contributed by atoms with Gasteiger partial charge in [-0.3, -0.25) is 0 Å². The molecule has 2 fully saturated rings. The summed E-state index contributed by atoms with van der Waals surface area (Å²) in [6.45, 7) is 6.41.